The standard InChI is InChI=1S/C36H40ClN7O6/c1-36(2,3)50-35(49)38-20-22-6-10-25(11-7-22)32(45)40-30(33(46)39-27-15-12-24(13-16-27)31-41-43-44-42-31)18-21-4-8-23(9-5-21)26-14-17-28(34(47)48)29(37)19-26/h4-5,8-9,12-17,19,22,25,30H,6-7,10-11,18,20H2,1-3H3,(H,38,49)(H,39,46)(H,40,45)(H,47,48)(H,41,42,43,44). The van der Waals surface area contributed by atoms with Crippen molar-refractivity contribution in [3.8, 4) is 22.5 Å². The van der Waals surface area contributed by atoms with Gasteiger partial charge in [-0.05, 0) is 111 Å². The first kappa shape index (κ1) is 36.0. The van der Waals surface area contributed by atoms with Crippen LogP contribution in [0.3, 0.4) is 0 Å². The maximum Gasteiger partial charge on any atom is 0.407 e. The van der Waals surface area contributed by atoms with Crippen LogP contribution < -0.4 is 16.0 Å². The molecule has 0 saturated heterocycles. The Labute approximate surface area is 294 Å². The summed E-state index contributed by atoms with van der Waals surface area (Å²) in [6.07, 6.45) is 2.56. The van der Waals surface area contributed by atoms with Crippen molar-refractivity contribution in [2.45, 2.75) is 64.5 Å². The van der Waals surface area contributed by atoms with Crippen LogP contribution in [0.1, 0.15) is 62.4 Å². The highest BCUT2D eigenvalue weighted by Crippen LogP contribution is 2.30. The van der Waals surface area contributed by atoms with Gasteiger partial charge in [-0.1, -0.05) is 41.9 Å². The second kappa shape index (κ2) is 15.9. The van der Waals surface area contributed by atoms with Crippen LogP contribution >= 0.6 is 11.6 Å². The third-order valence-electron chi connectivity index (χ3n) is 8.47. The van der Waals surface area contributed by atoms with Gasteiger partial charge < -0.3 is 25.8 Å². The van der Waals surface area contributed by atoms with Crippen molar-refractivity contribution < 1.29 is 29.0 Å². The molecule has 0 aliphatic heterocycles. The molecule has 5 rings (SSSR count). The van der Waals surface area contributed by atoms with E-state index in [0.29, 0.717) is 30.9 Å². The quantitative estimate of drug-likeness (QED) is 0.127. The van der Waals surface area contributed by atoms with Crippen LogP contribution in [0.4, 0.5) is 10.5 Å². The smallest absolute Gasteiger partial charge is 0.407 e. The van der Waals surface area contributed by atoms with Gasteiger partial charge in [0.15, 0.2) is 0 Å². The number of nitrogens with zero attached hydrogens (tertiary/aromatic N) is 3. The summed E-state index contributed by atoms with van der Waals surface area (Å²) in [4.78, 5) is 50.7. The van der Waals surface area contributed by atoms with Crippen LogP contribution in [-0.2, 0) is 20.7 Å². The Morgan fingerprint density at radius 1 is 0.940 bits per heavy atom. The second-order valence-electron chi connectivity index (χ2n) is 13.4. The van der Waals surface area contributed by atoms with E-state index in [-0.39, 0.29) is 40.7 Å². The fraction of sp³-hybridized carbons (Fsp3) is 0.361. The van der Waals surface area contributed by atoms with Gasteiger partial charge >= 0.3 is 12.1 Å². The molecule has 1 atom stereocenters. The molecule has 0 bridgehead atoms. The van der Waals surface area contributed by atoms with Crippen LogP contribution in [0.25, 0.3) is 22.5 Å². The minimum Gasteiger partial charge on any atom is -0.478 e. The number of aromatic nitrogens is 4. The van der Waals surface area contributed by atoms with E-state index in [2.05, 4.69) is 36.6 Å². The number of rotatable bonds is 11. The highest BCUT2D eigenvalue weighted by atomic mass is 35.5. The SMILES string of the molecule is CC(C)(C)OC(=O)NCC1CCC(C(=O)NC(Cc2ccc(-c3ccc(C(=O)O)c(Cl)c3)cc2)C(=O)Nc2ccc(-c3nn[nH]n3)cc2)CC1. The van der Waals surface area contributed by atoms with Crippen molar-refractivity contribution in [3.05, 3.63) is 82.9 Å². The number of aromatic amines is 1. The minimum atomic E-state index is -1.10. The Morgan fingerprint density at radius 2 is 1.60 bits per heavy atom. The zero-order valence-electron chi connectivity index (χ0n) is 28.0. The number of alkyl carbamates (subject to hydrolysis) is 1. The lowest BCUT2D eigenvalue weighted by molar-refractivity contribution is -0.130. The van der Waals surface area contributed by atoms with E-state index in [0.717, 1.165) is 35.1 Å². The summed E-state index contributed by atoms with van der Waals surface area (Å²) in [5.74, 6) is -1.28. The molecule has 4 aromatic rings. The summed E-state index contributed by atoms with van der Waals surface area (Å²) >= 11 is 6.18. The number of carboxylic acid groups (broad SMARTS) is 1. The lowest BCUT2D eigenvalue weighted by Crippen LogP contribution is -2.48. The van der Waals surface area contributed by atoms with E-state index >= 15 is 0 Å². The van der Waals surface area contributed by atoms with Crippen LogP contribution in [0, 0.1) is 11.8 Å². The van der Waals surface area contributed by atoms with Crippen molar-refractivity contribution in [2.24, 2.45) is 11.8 Å². The molecule has 1 unspecified atom stereocenters. The van der Waals surface area contributed by atoms with E-state index in [4.69, 9.17) is 16.3 Å². The van der Waals surface area contributed by atoms with E-state index in [1.165, 1.54) is 6.07 Å². The third kappa shape index (κ3) is 9.88. The lowest BCUT2D eigenvalue weighted by atomic mass is 9.81. The number of carbonyl (C=O) groups is 4. The molecule has 1 heterocycles. The molecule has 1 aromatic heterocycles. The molecular weight excluding hydrogens is 662 g/mol. The minimum absolute atomic E-state index is 0.0204. The van der Waals surface area contributed by atoms with Crippen molar-refractivity contribution in [1.29, 1.82) is 0 Å². The van der Waals surface area contributed by atoms with E-state index < -0.39 is 23.7 Å². The molecule has 50 heavy (non-hydrogen) atoms. The van der Waals surface area contributed by atoms with E-state index in [1.807, 2.05) is 45.0 Å². The average molecular weight is 702 g/mol. The molecule has 262 valence electrons. The van der Waals surface area contributed by atoms with Gasteiger partial charge in [0.25, 0.3) is 0 Å². The molecule has 3 aromatic carbocycles. The van der Waals surface area contributed by atoms with Crippen LogP contribution in [0.2, 0.25) is 5.02 Å². The number of aromatic carboxylic acids is 1. The van der Waals surface area contributed by atoms with Crippen LogP contribution in [-0.4, -0.2) is 67.8 Å². The third-order valence-corrected chi connectivity index (χ3v) is 8.78. The molecule has 1 saturated carbocycles. The van der Waals surface area contributed by atoms with Crippen molar-refractivity contribution in [3.63, 3.8) is 0 Å². The molecular formula is C36H40ClN7O6. The number of tetrazole rings is 1. The fourth-order valence-corrected chi connectivity index (χ4v) is 6.08. The van der Waals surface area contributed by atoms with E-state index in [9.17, 15) is 24.3 Å². The average Bonchev–Trinajstić information content (AvgIpc) is 3.62. The number of hydrogen-bond donors (Lipinski definition) is 5. The predicted molar refractivity (Wildman–Crippen MR) is 187 cm³/mol. The van der Waals surface area contributed by atoms with Gasteiger partial charge in [0.05, 0.1) is 10.6 Å². The Kier molecular flexibility index (Phi) is 11.5. The largest absolute Gasteiger partial charge is 0.478 e. The Bertz CT molecular complexity index is 1800. The predicted octanol–water partition coefficient (Wildman–Crippen LogP) is 5.88. The molecule has 0 radical (unpaired) electrons. The summed E-state index contributed by atoms with van der Waals surface area (Å²) in [6, 6.07) is 18.3. The van der Waals surface area contributed by atoms with Gasteiger partial charge in [-0.3, -0.25) is 9.59 Å². The monoisotopic (exact) mass is 701 g/mol. The number of ether oxygens (including phenoxy) is 1. The fourth-order valence-electron chi connectivity index (χ4n) is 5.82. The van der Waals surface area contributed by atoms with Crippen molar-refractivity contribution in [1.82, 2.24) is 31.3 Å². The summed E-state index contributed by atoms with van der Waals surface area (Å²) in [5, 5.41) is 32.1. The summed E-state index contributed by atoms with van der Waals surface area (Å²) in [5.41, 5.74) is 3.08. The van der Waals surface area contributed by atoms with Crippen LogP contribution in [0.5, 0.6) is 0 Å². The van der Waals surface area contributed by atoms with Gasteiger partial charge in [0.1, 0.15) is 11.6 Å². The number of nitrogens with one attached hydrogen (secondary N) is 4. The Hall–Kier alpha value is -5.30. The molecule has 1 aliphatic carbocycles. The molecule has 13 nitrogen and oxygen atoms in total. The molecule has 1 fully saturated rings. The number of carboxylic acids is 1. The Morgan fingerprint density at radius 3 is 2.20 bits per heavy atom. The van der Waals surface area contributed by atoms with Gasteiger partial charge in [-0.2, -0.15) is 5.21 Å². The highest BCUT2D eigenvalue weighted by molar-refractivity contribution is 6.33. The van der Waals surface area contributed by atoms with Gasteiger partial charge in [0.2, 0.25) is 17.6 Å². The van der Waals surface area contributed by atoms with Crippen molar-refractivity contribution in [2.75, 3.05) is 11.9 Å². The topological polar surface area (TPSA) is 188 Å². The number of amides is 3. The van der Waals surface area contributed by atoms with Gasteiger partial charge in [-0.15, -0.1) is 10.2 Å². The molecule has 5 N–H and O–H groups in total. The first-order chi connectivity index (χ1) is 23.8. The lowest BCUT2D eigenvalue weighted by Gasteiger charge is -2.29. The molecule has 3 amide bonds. The first-order valence-corrected chi connectivity index (χ1v) is 16.8. The van der Waals surface area contributed by atoms with Crippen molar-refractivity contribution >= 4 is 41.2 Å². The number of anilines is 1. The van der Waals surface area contributed by atoms with Crippen LogP contribution in [0.15, 0.2) is 66.7 Å². The number of carbonyl (C=O) groups excluding carboxylic acids is 3. The normalized spacial score (nSPS) is 16.6. The number of H-pyrrole nitrogens is 1. The van der Waals surface area contributed by atoms with E-state index in [1.54, 1.807) is 36.4 Å². The highest BCUT2D eigenvalue weighted by Gasteiger charge is 2.30. The number of halogens is 1. The second-order valence-corrected chi connectivity index (χ2v) is 13.8. The number of benzene rings is 3. The Balaban J connectivity index is 1.25. The molecule has 0 spiro atoms. The first-order valence-electron chi connectivity index (χ1n) is 16.4. The maximum absolute atomic E-state index is 13.7. The summed E-state index contributed by atoms with van der Waals surface area (Å²) in [6.45, 7) is 5.92. The molecule has 14 heteroatoms. The molecule has 1 aliphatic rings. The number of hydrogen-bond acceptors (Lipinski definition) is 8. The van der Waals surface area contributed by atoms with Gasteiger partial charge in [0, 0.05) is 30.1 Å². The summed E-state index contributed by atoms with van der Waals surface area (Å²) < 4.78 is 5.33. The zero-order chi connectivity index (χ0) is 35.8. The zero-order valence-corrected chi connectivity index (χ0v) is 28.8. The van der Waals surface area contributed by atoms with Gasteiger partial charge in [-0.25, -0.2) is 9.59 Å². The summed E-state index contributed by atoms with van der Waals surface area (Å²) in [7, 11) is 0. The maximum atomic E-state index is 13.7.